The van der Waals surface area contributed by atoms with Gasteiger partial charge in [-0.15, -0.1) is 0 Å². The van der Waals surface area contributed by atoms with E-state index in [0.717, 1.165) is 17.2 Å². The van der Waals surface area contributed by atoms with Crippen LogP contribution in [0.25, 0.3) is 0 Å². The molecule has 0 saturated heterocycles. The fourth-order valence-electron chi connectivity index (χ4n) is 2.99. The van der Waals surface area contributed by atoms with Gasteiger partial charge in [0.1, 0.15) is 0 Å². The molecule has 4 heteroatoms. The zero-order valence-corrected chi connectivity index (χ0v) is 11.7. The molecule has 1 aliphatic carbocycles. The number of nitrogens with zero attached hydrogens (tertiary/aromatic N) is 1. The van der Waals surface area contributed by atoms with E-state index in [1.165, 1.54) is 32.1 Å². The van der Waals surface area contributed by atoms with Gasteiger partial charge >= 0.3 is 0 Å². The number of nitro groups is 1. The van der Waals surface area contributed by atoms with Crippen molar-refractivity contribution in [1.82, 2.24) is 0 Å². The lowest BCUT2D eigenvalue weighted by Gasteiger charge is -2.30. The second-order valence-corrected chi connectivity index (χ2v) is 5.49. The normalized spacial score (nSPS) is 23.1. The third kappa shape index (κ3) is 3.25. The minimum atomic E-state index is -0.309. The number of nitro benzene ring substituents is 1. The molecular formula is C15H22N2O2. The lowest BCUT2D eigenvalue weighted by atomic mass is 9.84. The van der Waals surface area contributed by atoms with Crippen molar-refractivity contribution in [1.29, 1.82) is 0 Å². The quantitative estimate of drug-likeness (QED) is 0.650. The highest BCUT2D eigenvalue weighted by atomic mass is 16.6. The number of anilines is 1. The maximum atomic E-state index is 10.9. The molecule has 1 N–H and O–H groups in total. The number of hydrogen-bond acceptors (Lipinski definition) is 3. The summed E-state index contributed by atoms with van der Waals surface area (Å²) in [7, 11) is 0. The Morgan fingerprint density at radius 2 is 2.21 bits per heavy atom. The molecule has 0 heterocycles. The Hall–Kier alpha value is -1.58. The van der Waals surface area contributed by atoms with E-state index >= 15 is 0 Å². The van der Waals surface area contributed by atoms with Gasteiger partial charge in [-0.1, -0.05) is 32.3 Å². The van der Waals surface area contributed by atoms with E-state index in [-0.39, 0.29) is 10.6 Å². The Morgan fingerprint density at radius 1 is 1.42 bits per heavy atom. The number of hydrogen-bond donors (Lipinski definition) is 1. The molecule has 0 aliphatic heterocycles. The van der Waals surface area contributed by atoms with Gasteiger partial charge in [-0.2, -0.15) is 0 Å². The zero-order valence-electron chi connectivity index (χ0n) is 11.7. The van der Waals surface area contributed by atoms with Gasteiger partial charge in [-0.05, 0) is 31.7 Å². The van der Waals surface area contributed by atoms with E-state index < -0.39 is 0 Å². The van der Waals surface area contributed by atoms with Crippen LogP contribution in [0.1, 0.15) is 44.6 Å². The van der Waals surface area contributed by atoms with Crippen LogP contribution in [0, 0.1) is 23.0 Å². The molecule has 2 rings (SSSR count). The van der Waals surface area contributed by atoms with Gasteiger partial charge in [0.05, 0.1) is 4.92 Å². The minimum Gasteiger partial charge on any atom is -0.382 e. The number of rotatable bonds is 4. The van der Waals surface area contributed by atoms with E-state index in [1.807, 2.05) is 13.0 Å². The Kier molecular flexibility index (Phi) is 4.40. The van der Waals surface area contributed by atoms with Crippen LogP contribution < -0.4 is 5.32 Å². The van der Waals surface area contributed by atoms with Crippen molar-refractivity contribution >= 4 is 11.4 Å². The first kappa shape index (κ1) is 13.8. The monoisotopic (exact) mass is 262 g/mol. The molecule has 0 spiro atoms. The summed E-state index contributed by atoms with van der Waals surface area (Å²) in [5.74, 6) is 0.797. The fourth-order valence-corrected chi connectivity index (χ4v) is 2.99. The van der Waals surface area contributed by atoms with E-state index in [4.69, 9.17) is 0 Å². The van der Waals surface area contributed by atoms with E-state index in [2.05, 4.69) is 12.2 Å². The molecule has 0 amide bonds. The Labute approximate surface area is 114 Å². The second-order valence-electron chi connectivity index (χ2n) is 5.49. The molecule has 1 aliphatic rings. The summed E-state index contributed by atoms with van der Waals surface area (Å²) < 4.78 is 0. The third-order valence-corrected chi connectivity index (χ3v) is 4.22. The lowest BCUT2D eigenvalue weighted by molar-refractivity contribution is -0.385. The zero-order chi connectivity index (χ0) is 13.8. The maximum Gasteiger partial charge on any atom is 0.274 e. The van der Waals surface area contributed by atoms with Crippen LogP contribution in [0.3, 0.4) is 0 Å². The molecule has 19 heavy (non-hydrogen) atoms. The molecule has 1 aromatic carbocycles. The molecule has 0 radical (unpaired) electrons. The first-order chi connectivity index (χ1) is 9.11. The van der Waals surface area contributed by atoms with Crippen molar-refractivity contribution in [3.05, 3.63) is 33.9 Å². The number of nitrogens with one attached hydrogen (secondary N) is 1. The standard InChI is InChI=1S/C15H22N2O2/c1-3-12-6-4-7-13(10-12)16-14-8-5-9-15(11(14)2)17(18)19/h5,8-9,12-13,16H,3-4,6-7,10H2,1-2H3. The van der Waals surface area contributed by atoms with Gasteiger partial charge in [0.25, 0.3) is 5.69 Å². The first-order valence-corrected chi connectivity index (χ1v) is 7.12. The van der Waals surface area contributed by atoms with Crippen LogP contribution >= 0.6 is 0 Å². The topological polar surface area (TPSA) is 55.2 Å². The molecule has 2 unspecified atom stereocenters. The summed E-state index contributed by atoms with van der Waals surface area (Å²) in [6.07, 6.45) is 6.15. The van der Waals surface area contributed by atoms with Crippen molar-refractivity contribution in [2.75, 3.05) is 5.32 Å². The molecule has 104 valence electrons. The van der Waals surface area contributed by atoms with Gasteiger partial charge in [0.15, 0.2) is 0 Å². The highest BCUT2D eigenvalue weighted by Gasteiger charge is 2.22. The van der Waals surface area contributed by atoms with Crippen molar-refractivity contribution in [3.8, 4) is 0 Å². The van der Waals surface area contributed by atoms with Gasteiger partial charge in [-0.3, -0.25) is 10.1 Å². The molecule has 1 saturated carbocycles. The predicted octanol–water partition coefficient (Wildman–Crippen LogP) is 4.28. The summed E-state index contributed by atoms with van der Waals surface area (Å²) in [4.78, 5) is 10.6. The van der Waals surface area contributed by atoms with Crippen LogP contribution in [0.2, 0.25) is 0 Å². The Balaban J connectivity index is 2.10. The molecular weight excluding hydrogens is 240 g/mol. The average molecular weight is 262 g/mol. The summed E-state index contributed by atoms with van der Waals surface area (Å²) in [6, 6.07) is 5.72. The average Bonchev–Trinajstić information content (AvgIpc) is 2.41. The summed E-state index contributed by atoms with van der Waals surface area (Å²) in [5, 5.41) is 14.4. The van der Waals surface area contributed by atoms with Crippen molar-refractivity contribution < 1.29 is 4.92 Å². The molecule has 1 fully saturated rings. The maximum absolute atomic E-state index is 10.9. The molecule has 4 nitrogen and oxygen atoms in total. The van der Waals surface area contributed by atoms with Crippen LogP contribution in [0.4, 0.5) is 11.4 Å². The SMILES string of the molecule is CCC1CCCC(Nc2cccc([N+](=O)[O-])c2C)C1. The Bertz CT molecular complexity index is 459. The Morgan fingerprint density at radius 3 is 2.89 bits per heavy atom. The summed E-state index contributed by atoms with van der Waals surface area (Å²) in [5.41, 5.74) is 1.86. The van der Waals surface area contributed by atoms with Gasteiger partial charge in [-0.25, -0.2) is 0 Å². The van der Waals surface area contributed by atoms with Crippen LogP contribution in [-0.2, 0) is 0 Å². The van der Waals surface area contributed by atoms with Crippen molar-refractivity contribution in [3.63, 3.8) is 0 Å². The highest BCUT2D eigenvalue weighted by molar-refractivity contribution is 5.60. The highest BCUT2D eigenvalue weighted by Crippen LogP contribution is 2.31. The third-order valence-electron chi connectivity index (χ3n) is 4.22. The van der Waals surface area contributed by atoms with Crippen molar-refractivity contribution in [2.45, 2.75) is 52.0 Å². The summed E-state index contributed by atoms with van der Waals surface area (Å²) >= 11 is 0. The van der Waals surface area contributed by atoms with Crippen molar-refractivity contribution in [2.24, 2.45) is 5.92 Å². The number of benzene rings is 1. The van der Waals surface area contributed by atoms with E-state index in [9.17, 15) is 10.1 Å². The smallest absolute Gasteiger partial charge is 0.274 e. The second kappa shape index (κ2) is 6.04. The molecule has 2 atom stereocenters. The first-order valence-electron chi connectivity index (χ1n) is 7.12. The van der Waals surface area contributed by atoms with Gasteiger partial charge in [0.2, 0.25) is 0 Å². The van der Waals surface area contributed by atoms with Crippen LogP contribution in [-0.4, -0.2) is 11.0 Å². The molecule has 1 aromatic rings. The van der Waals surface area contributed by atoms with Crippen LogP contribution in [0.15, 0.2) is 18.2 Å². The molecule has 0 aromatic heterocycles. The van der Waals surface area contributed by atoms with Crippen LogP contribution in [0.5, 0.6) is 0 Å². The summed E-state index contributed by atoms with van der Waals surface area (Å²) in [6.45, 7) is 4.06. The van der Waals surface area contributed by atoms with Gasteiger partial charge < -0.3 is 5.32 Å². The predicted molar refractivity (Wildman–Crippen MR) is 77.5 cm³/mol. The lowest BCUT2D eigenvalue weighted by Crippen LogP contribution is -2.27. The fraction of sp³-hybridized carbons (Fsp3) is 0.600. The van der Waals surface area contributed by atoms with Gasteiger partial charge in [0, 0.05) is 23.4 Å². The molecule has 0 bridgehead atoms. The van der Waals surface area contributed by atoms with E-state index in [0.29, 0.717) is 6.04 Å². The van der Waals surface area contributed by atoms with E-state index in [1.54, 1.807) is 12.1 Å². The minimum absolute atomic E-state index is 0.202. The largest absolute Gasteiger partial charge is 0.382 e.